The molecule has 22 heavy (non-hydrogen) atoms. The molecule has 0 aromatic rings. The summed E-state index contributed by atoms with van der Waals surface area (Å²) in [5.41, 5.74) is 0. The van der Waals surface area contributed by atoms with Gasteiger partial charge in [0.15, 0.2) is 5.96 Å². The molecule has 0 aliphatic carbocycles. The SMILES string of the molecule is C=CCNC(=NCCCCOCC)NCCN1CCOCC1. The molecule has 0 bridgehead atoms. The minimum atomic E-state index is 0.725. The van der Waals surface area contributed by atoms with Crippen LogP contribution in [0.25, 0.3) is 0 Å². The number of rotatable bonds is 11. The number of aliphatic imine (C=N–C) groups is 1. The molecule has 1 rings (SSSR count). The number of unbranched alkanes of at least 4 members (excludes halogenated alkanes) is 1. The van der Waals surface area contributed by atoms with Crippen LogP contribution in [0.4, 0.5) is 0 Å². The molecule has 1 aliphatic heterocycles. The van der Waals surface area contributed by atoms with Gasteiger partial charge in [0.25, 0.3) is 0 Å². The highest BCUT2D eigenvalue weighted by molar-refractivity contribution is 5.79. The van der Waals surface area contributed by atoms with E-state index in [1.807, 2.05) is 13.0 Å². The van der Waals surface area contributed by atoms with Crippen molar-refractivity contribution in [1.82, 2.24) is 15.5 Å². The van der Waals surface area contributed by atoms with Gasteiger partial charge in [0.05, 0.1) is 13.2 Å². The first-order valence-electron chi connectivity index (χ1n) is 8.37. The van der Waals surface area contributed by atoms with E-state index in [-0.39, 0.29) is 0 Å². The lowest BCUT2D eigenvalue weighted by Gasteiger charge is -2.26. The van der Waals surface area contributed by atoms with E-state index in [1.54, 1.807) is 0 Å². The van der Waals surface area contributed by atoms with Crippen molar-refractivity contribution >= 4 is 5.96 Å². The third-order valence-electron chi connectivity index (χ3n) is 3.41. The number of nitrogens with zero attached hydrogens (tertiary/aromatic N) is 2. The Bertz CT molecular complexity index is 305. The second-order valence-corrected chi connectivity index (χ2v) is 5.18. The number of ether oxygens (including phenoxy) is 2. The number of nitrogens with one attached hydrogen (secondary N) is 2. The quantitative estimate of drug-likeness (QED) is 0.256. The van der Waals surface area contributed by atoms with Crippen LogP contribution in [0.2, 0.25) is 0 Å². The zero-order chi connectivity index (χ0) is 15.9. The van der Waals surface area contributed by atoms with Crippen molar-refractivity contribution in [3.63, 3.8) is 0 Å². The van der Waals surface area contributed by atoms with Crippen molar-refractivity contribution in [2.45, 2.75) is 19.8 Å². The van der Waals surface area contributed by atoms with Gasteiger partial charge >= 0.3 is 0 Å². The van der Waals surface area contributed by atoms with Crippen molar-refractivity contribution in [2.24, 2.45) is 4.99 Å². The van der Waals surface area contributed by atoms with Gasteiger partial charge in [0, 0.05) is 52.5 Å². The molecule has 0 aromatic heterocycles. The van der Waals surface area contributed by atoms with Gasteiger partial charge in [0.2, 0.25) is 0 Å². The van der Waals surface area contributed by atoms with Crippen molar-refractivity contribution < 1.29 is 9.47 Å². The maximum absolute atomic E-state index is 5.35. The van der Waals surface area contributed by atoms with Gasteiger partial charge in [-0.25, -0.2) is 0 Å². The summed E-state index contributed by atoms with van der Waals surface area (Å²) in [6.07, 6.45) is 3.94. The normalized spacial score (nSPS) is 16.5. The first-order chi connectivity index (χ1) is 10.9. The van der Waals surface area contributed by atoms with Crippen LogP contribution < -0.4 is 10.6 Å². The Labute approximate surface area is 134 Å². The summed E-state index contributed by atoms with van der Waals surface area (Å²) in [4.78, 5) is 7.00. The molecule has 1 heterocycles. The van der Waals surface area contributed by atoms with Crippen LogP contribution in [-0.4, -0.2) is 76.6 Å². The van der Waals surface area contributed by atoms with E-state index in [0.717, 1.165) is 84.5 Å². The van der Waals surface area contributed by atoms with Gasteiger partial charge in [-0.05, 0) is 19.8 Å². The Morgan fingerprint density at radius 3 is 2.86 bits per heavy atom. The first kappa shape index (κ1) is 18.9. The topological polar surface area (TPSA) is 58.1 Å². The molecule has 6 nitrogen and oxygen atoms in total. The Balaban J connectivity index is 2.18. The average Bonchev–Trinajstić information content (AvgIpc) is 2.56. The molecule has 0 radical (unpaired) electrons. The minimum absolute atomic E-state index is 0.725. The largest absolute Gasteiger partial charge is 0.382 e. The fourth-order valence-electron chi connectivity index (χ4n) is 2.15. The lowest BCUT2D eigenvalue weighted by atomic mass is 10.3. The second kappa shape index (κ2) is 13.5. The highest BCUT2D eigenvalue weighted by atomic mass is 16.5. The van der Waals surface area contributed by atoms with Crippen LogP contribution in [0.5, 0.6) is 0 Å². The zero-order valence-corrected chi connectivity index (χ0v) is 14.0. The van der Waals surface area contributed by atoms with E-state index in [9.17, 15) is 0 Å². The Kier molecular flexibility index (Phi) is 11.7. The molecule has 2 N–H and O–H groups in total. The maximum atomic E-state index is 5.35. The molecule has 1 fully saturated rings. The molecule has 0 atom stereocenters. The highest BCUT2D eigenvalue weighted by Gasteiger charge is 2.09. The van der Waals surface area contributed by atoms with E-state index < -0.39 is 0 Å². The van der Waals surface area contributed by atoms with E-state index >= 15 is 0 Å². The molecule has 1 aliphatic rings. The molecule has 0 unspecified atom stereocenters. The monoisotopic (exact) mass is 312 g/mol. The average molecular weight is 312 g/mol. The summed E-state index contributed by atoms with van der Waals surface area (Å²) in [6.45, 7) is 14.5. The summed E-state index contributed by atoms with van der Waals surface area (Å²) in [7, 11) is 0. The number of morpholine rings is 1. The predicted molar refractivity (Wildman–Crippen MR) is 91.5 cm³/mol. The Morgan fingerprint density at radius 1 is 1.32 bits per heavy atom. The first-order valence-corrected chi connectivity index (χ1v) is 8.37. The maximum Gasteiger partial charge on any atom is 0.191 e. The molecule has 0 aromatic carbocycles. The van der Waals surface area contributed by atoms with Crippen LogP contribution in [0.15, 0.2) is 17.6 Å². The molecular weight excluding hydrogens is 280 g/mol. The lowest BCUT2D eigenvalue weighted by molar-refractivity contribution is 0.0389. The van der Waals surface area contributed by atoms with Crippen LogP contribution in [0.1, 0.15) is 19.8 Å². The van der Waals surface area contributed by atoms with Gasteiger partial charge in [-0.15, -0.1) is 6.58 Å². The van der Waals surface area contributed by atoms with Gasteiger partial charge in [-0.3, -0.25) is 9.89 Å². The van der Waals surface area contributed by atoms with E-state index in [0.29, 0.717) is 0 Å². The number of guanidine groups is 1. The molecular formula is C16H32N4O2. The van der Waals surface area contributed by atoms with Crippen LogP contribution in [0.3, 0.4) is 0 Å². The van der Waals surface area contributed by atoms with Gasteiger partial charge in [-0.2, -0.15) is 0 Å². The van der Waals surface area contributed by atoms with Gasteiger partial charge in [-0.1, -0.05) is 6.08 Å². The fourth-order valence-corrected chi connectivity index (χ4v) is 2.15. The van der Waals surface area contributed by atoms with Crippen LogP contribution in [-0.2, 0) is 9.47 Å². The zero-order valence-electron chi connectivity index (χ0n) is 14.0. The van der Waals surface area contributed by atoms with Crippen LogP contribution >= 0.6 is 0 Å². The molecule has 6 heteroatoms. The summed E-state index contributed by atoms with van der Waals surface area (Å²) in [6, 6.07) is 0. The molecule has 1 saturated heterocycles. The number of hydrogen-bond acceptors (Lipinski definition) is 4. The van der Waals surface area contributed by atoms with E-state index in [1.165, 1.54) is 0 Å². The van der Waals surface area contributed by atoms with E-state index in [4.69, 9.17) is 9.47 Å². The summed E-state index contributed by atoms with van der Waals surface area (Å²) in [5, 5.41) is 6.64. The molecule has 0 spiro atoms. The number of hydrogen-bond donors (Lipinski definition) is 2. The van der Waals surface area contributed by atoms with Crippen molar-refractivity contribution in [2.75, 3.05) is 65.7 Å². The smallest absolute Gasteiger partial charge is 0.191 e. The second-order valence-electron chi connectivity index (χ2n) is 5.18. The van der Waals surface area contributed by atoms with Crippen molar-refractivity contribution in [3.8, 4) is 0 Å². The Hall–Kier alpha value is -1.11. The third kappa shape index (κ3) is 9.76. The highest BCUT2D eigenvalue weighted by Crippen LogP contribution is 1.95. The third-order valence-corrected chi connectivity index (χ3v) is 3.41. The minimum Gasteiger partial charge on any atom is -0.382 e. The Morgan fingerprint density at radius 2 is 2.14 bits per heavy atom. The van der Waals surface area contributed by atoms with Gasteiger partial charge in [0.1, 0.15) is 0 Å². The van der Waals surface area contributed by atoms with E-state index in [2.05, 4.69) is 27.1 Å². The lowest BCUT2D eigenvalue weighted by Crippen LogP contribution is -2.44. The van der Waals surface area contributed by atoms with Gasteiger partial charge < -0.3 is 20.1 Å². The van der Waals surface area contributed by atoms with Crippen LogP contribution in [0, 0.1) is 0 Å². The van der Waals surface area contributed by atoms with Crippen molar-refractivity contribution in [3.05, 3.63) is 12.7 Å². The summed E-state index contributed by atoms with van der Waals surface area (Å²) >= 11 is 0. The fraction of sp³-hybridized carbons (Fsp3) is 0.812. The summed E-state index contributed by atoms with van der Waals surface area (Å²) in [5.74, 6) is 0.865. The molecule has 0 amide bonds. The van der Waals surface area contributed by atoms with Crippen molar-refractivity contribution in [1.29, 1.82) is 0 Å². The molecule has 0 saturated carbocycles. The summed E-state index contributed by atoms with van der Waals surface area (Å²) < 4.78 is 10.7. The standard InChI is InChI=1S/C16H32N4O2/c1-3-7-17-16(18-8-5-6-13-21-4-2)19-9-10-20-11-14-22-15-12-20/h3H,1,4-15H2,2H3,(H2,17,18,19). The predicted octanol–water partition coefficient (Wildman–Crippen LogP) is 0.857. The molecule has 128 valence electrons.